The van der Waals surface area contributed by atoms with E-state index in [0.717, 1.165) is 25.7 Å². The summed E-state index contributed by atoms with van der Waals surface area (Å²) in [6.45, 7) is 0.133. The number of primary amides is 1. The van der Waals surface area contributed by atoms with E-state index in [1.807, 2.05) is 0 Å². The van der Waals surface area contributed by atoms with E-state index < -0.39 is 11.4 Å². The van der Waals surface area contributed by atoms with Crippen LogP contribution < -0.4 is 11.1 Å². The zero-order valence-corrected chi connectivity index (χ0v) is 11.3. The first-order valence-corrected chi connectivity index (χ1v) is 7.46. The van der Waals surface area contributed by atoms with Crippen LogP contribution in [-0.4, -0.2) is 40.7 Å². The lowest BCUT2D eigenvalue weighted by Gasteiger charge is -2.35. The first kappa shape index (κ1) is 12.3. The van der Waals surface area contributed by atoms with Gasteiger partial charge < -0.3 is 5.73 Å². The van der Waals surface area contributed by atoms with Crippen molar-refractivity contribution in [1.29, 1.82) is 0 Å². The second-order valence-electron chi connectivity index (χ2n) is 6.74. The highest BCUT2D eigenvalue weighted by molar-refractivity contribution is 6.09. The van der Waals surface area contributed by atoms with E-state index in [0.29, 0.717) is 12.5 Å². The molecule has 6 heteroatoms. The number of likely N-dealkylation sites (tertiary alicyclic amines) is 1. The Morgan fingerprint density at radius 3 is 2.25 bits per heavy atom. The Morgan fingerprint density at radius 1 is 1.20 bits per heavy atom. The van der Waals surface area contributed by atoms with Crippen LogP contribution in [0.3, 0.4) is 0 Å². The summed E-state index contributed by atoms with van der Waals surface area (Å²) >= 11 is 0. The SMILES string of the molecule is NC(=O)C(CN1C(=O)C2CC2C1=O)(NC1CC1)C1CC1. The summed E-state index contributed by atoms with van der Waals surface area (Å²) in [5, 5.41) is 3.34. The average Bonchev–Trinajstić information content (AvgIpc) is 3.25. The van der Waals surface area contributed by atoms with Crippen molar-refractivity contribution >= 4 is 17.7 Å². The molecule has 1 saturated heterocycles. The summed E-state index contributed by atoms with van der Waals surface area (Å²) < 4.78 is 0. The van der Waals surface area contributed by atoms with E-state index in [4.69, 9.17) is 5.73 Å². The number of carbonyl (C=O) groups excluding carboxylic acids is 3. The number of fused-ring (bicyclic) bond motifs is 1. The van der Waals surface area contributed by atoms with Gasteiger partial charge in [-0.2, -0.15) is 0 Å². The molecular formula is C14H19N3O3. The van der Waals surface area contributed by atoms with Crippen molar-refractivity contribution in [3.05, 3.63) is 0 Å². The topological polar surface area (TPSA) is 92.5 Å². The molecular weight excluding hydrogens is 258 g/mol. The summed E-state index contributed by atoms with van der Waals surface area (Å²) in [4.78, 5) is 37.6. The van der Waals surface area contributed by atoms with Crippen molar-refractivity contribution in [1.82, 2.24) is 10.2 Å². The number of carbonyl (C=O) groups is 3. The predicted molar refractivity (Wildman–Crippen MR) is 69.1 cm³/mol. The van der Waals surface area contributed by atoms with Crippen LogP contribution in [0.15, 0.2) is 0 Å². The fourth-order valence-electron chi connectivity index (χ4n) is 3.47. The first-order chi connectivity index (χ1) is 9.53. The molecule has 0 aromatic heterocycles. The highest BCUT2D eigenvalue weighted by Gasteiger charge is 2.62. The number of nitrogens with one attached hydrogen (secondary N) is 1. The minimum atomic E-state index is -0.900. The monoisotopic (exact) mass is 277 g/mol. The second kappa shape index (κ2) is 3.81. The van der Waals surface area contributed by atoms with Gasteiger partial charge in [-0.3, -0.25) is 24.6 Å². The van der Waals surface area contributed by atoms with Crippen LogP contribution in [0, 0.1) is 17.8 Å². The third kappa shape index (κ3) is 1.70. The van der Waals surface area contributed by atoms with Crippen LogP contribution in [0.5, 0.6) is 0 Å². The first-order valence-electron chi connectivity index (χ1n) is 7.46. The van der Waals surface area contributed by atoms with Crippen LogP contribution in [0.1, 0.15) is 32.1 Å². The molecule has 3 unspecified atom stereocenters. The lowest BCUT2D eigenvalue weighted by atomic mass is 9.90. The number of hydrogen-bond donors (Lipinski definition) is 2. The summed E-state index contributed by atoms with van der Waals surface area (Å²) in [5.74, 6) is -0.708. The van der Waals surface area contributed by atoms with Crippen LogP contribution in [0.4, 0.5) is 0 Å². The molecule has 3 amide bonds. The maximum Gasteiger partial charge on any atom is 0.239 e. The molecule has 4 rings (SSSR count). The maximum atomic E-state index is 12.1. The van der Waals surface area contributed by atoms with E-state index in [-0.39, 0.29) is 36.1 Å². The predicted octanol–water partition coefficient (Wildman–Crippen LogP) is -0.623. The molecule has 4 fully saturated rings. The molecule has 0 aromatic rings. The molecule has 0 radical (unpaired) electrons. The van der Waals surface area contributed by atoms with Gasteiger partial charge in [0.25, 0.3) is 0 Å². The Morgan fingerprint density at radius 2 is 1.80 bits per heavy atom. The highest BCUT2D eigenvalue weighted by atomic mass is 16.2. The van der Waals surface area contributed by atoms with Gasteiger partial charge in [-0.05, 0) is 38.0 Å². The number of piperidine rings is 1. The molecule has 1 aliphatic heterocycles. The Kier molecular flexibility index (Phi) is 2.35. The number of nitrogens with zero attached hydrogens (tertiary/aromatic N) is 1. The summed E-state index contributed by atoms with van der Waals surface area (Å²) in [6, 6.07) is 0.311. The molecule has 3 saturated carbocycles. The van der Waals surface area contributed by atoms with Gasteiger partial charge in [-0.15, -0.1) is 0 Å². The van der Waals surface area contributed by atoms with Crippen molar-refractivity contribution in [2.45, 2.75) is 43.7 Å². The van der Waals surface area contributed by atoms with Gasteiger partial charge >= 0.3 is 0 Å². The van der Waals surface area contributed by atoms with Gasteiger partial charge in [-0.25, -0.2) is 0 Å². The van der Waals surface area contributed by atoms with Gasteiger partial charge in [-0.1, -0.05) is 0 Å². The molecule has 6 nitrogen and oxygen atoms in total. The van der Waals surface area contributed by atoms with Crippen molar-refractivity contribution in [3.8, 4) is 0 Å². The number of amides is 3. The quantitative estimate of drug-likeness (QED) is 0.633. The van der Waals surface area contributed by atoms with E-state index in [2.05, 4.69) is 5.32 Å². The molecule has 0 bridgehead atoms. The van der Waals surface area contributed by atoms with Crippen molar-refractivity contribution in [2.75, 3.05) is 6.54 Å². The molecule has 0 aromatic carbocycles. The van der Waals surface area contributed by atoms with Gasteiger partial charge in [0.2, 0.25) is 17.7 Å². The molecule has 4 aliphatic rings. The van der Waals surface area contributed by atoms with Crippen LogP contribution in [0.2, 0.25) is 0 Å². The normalized spacial score (nSPS) is 34.9. The largest absolute Gasteiger partial charge is 0.368 e. The van der Waals surface area contributed by atoms with Gasteiger partial charge in [0, 0.05) is 6.04 Å². The highest BCUT2D eigenvalue weighted by Crippen LogP contribution is 2.49. The van der Waals surface area contributed by atoms with E-state index in [1.165, 1.54) is 4.90 Å². The van der Waals surface area contributed by atoms with Crippen LogP contribution in [0.25, 0.3) is 0 Å². The molecule has 20 heavy (non-hydrogen) atoms. The maximum absolute atomic E-state index is 12.1. The lowest BCUT2D eigenvalue weighted by molar-refractivity contribution is -0.144. The standard InChI is InChI=1S/C14H19N3O3/c15-13(20)14(7-1-2-7,16-8-3-4-8)6-17-11(18)9-5-10(9)12(17)19/h7-10,16H,1-6H2,(H2,15,20). The van der Waals surface area contributed by atoms with Crippen LogP contribution in [-0.2, 0) is 14.4 Å². The van der Waals surface area contributed by atoms with Crippen LogP contribution >= 0.6 is 0 Å². The van der Waals surface area contributed by atoms with Crippen molar-refractivity contribution in [2.24, 2.45) is 23.5 Å². The third-order valence-corrected chi connectivity index (χ3v) is 5.12. The Labute approximate surface area is 117 Å². The van der Waals surface area contributed by atoms with E-state index in [1.54, 1.807) is 0 Å². The minimum Gasteiger partial charge on any atom is -0.368 e. The Balaban J connectivity index is 1.59. The third-order valence-electron chi connectivity index (χ3n) is 5.12. The Hall–Kier alpha value is -1.43. The fourth-order valence-corrected chi connectivity index (χ4v) is 3.47. The summed E-state index contributed by atoms with van der Waals surface area (Å²) in [6.07, 6.45) is 4.64. The number of imide groups is 1. The molecule has 0 spiro atoms. The molecule has 108 valence electrons. The van der Waals surface area contributed by atoms with Gasteiger partial charge in [0.05, 0.1) is 18.4 Å². The molecule has 3 N–H and O–H groups in total. The smallest absolute Gasteiger partial charge is 0.239 e. The van der Waals surface area contributed by atoms with Gasteiger partial charge in [0.15, 0.2) is 0 Å². The summed E-state index contributed by atoms with van der Waals surface area (Å²) in [5.41, 5.74) is 4.75. The van der Waals surface area contributed by atoms with Crippen molar-refractivity contribution < 1.29 is 14.4 Å². The number of nitrogens with two attached hydrogens (primary N) is 1. The van der Waals surface area contributed by atoms with E-state index in [9.17, 15) is 14.4 Å². The molecule has 3 aliphatic carbocycles. The van der Waals surface area contributed by atoms with Crippen molar-refractivity contribution in [3.63, 3.8) is 0 Å². The van der Waals surface area contributed by atoms with E-state index >= 15 is 0 Å². The summed E-state index contributed by atoms with van der Waals surface area (Å²) in [7, 11) is 0. The number of hydrogen-bond acceptors (Lipinski definition) is 4. The Bertz CT molecular complexity index is 492. The number of rotatable bonds is 6. The molecule has 3 atom stereocenters. The zero-order valence-electron chi connectivity index (χ0n) is 11.3. The zero-order chi connectivity index (χ0) is 14.1. The van der Waals surface area contributed by atoms with Gasteiger partial charge in [0.1, 0.15) is 5.54 Å². The fraction of sp³-hybridized carbons (Fsp3) is 0.786. The second-order valence-corrected chi connectivity index (χ2v) is 6.74. The average molecular weight is 277 g/mol. The minimum absolute atomic E-state index is 0.108. The molecule has 1 heterocycles. The lowest BCUT2D eigenvalue weighted by Crippen LogP contribution is -2.64.